The third-order valence-corrected chi connectivity index (χ3v) is 4.44. The predicted octanol–water partition coefficient (Wildman–Crippen LogP) is 3.03. The Morgan fingerprint density at radius 3 is 2.87 bits per heavy atom. The molecule has 1 aromatic carbocycles. The largest absolute Gasteiger partial charge is 0.345 e. The molecule has 5 nitrogen and oxygen atoms in total. The molecule has 0 bridgehead atoms. The normalized spacial score (nSPS) is 12.2. The Balaban J connectivity index is 1.89. The third-order valence-electron chi connectivity index (χ3n) is 3.67. The fraction of sp³-hybridized carbons (Fsp3) is 0.235. The van der Waals surface area contributed by atoms with Crippen LogP contribution in [0.1, 0.15) is 41.7 Å². The summed E-state index contributed by atoms with van der Waals surface area (Å²) < 4.78 is 1.40. The van der Waals surface area contributed by atoms with Crippen molar-refractivity contribution in [2.45, 2.75) is 25.8 Å². The van der Waals surface area contributed by atoms with E-state index in [4.69, 9.17) is 0 Å². The Kier molecular flexibility index (Phi) is 4.52. The molecule has 0 saturated carbocycles. The highest BCUT2D eigenvalue weighted by molar-refractivity contribution is 7.15. The van der Waals surface area contributed by atoms with E-state index in [9.17, 15) is 9.59 Å². The van der Waals surface area contributed by atoms with Crippen LogP contribution < -0.4 is 10.9 Å². The van der Waals surface area contributed by atoms with Crippen molar-refractivity contribution in [3.8, 4) is 0 Å². The average Bonchev–Trinajstić information content (AvgIpc) is 3.05. The van der Waals surface area contributed by atoms with Crippen molar-refractivity contribution >= 4 is 22.2 Å². The number of nitrogens with one attached hydrogen (secondary N) is 1. The van der Waals surface area contributed by atoms with Gasteiger partial charge in [0, 0.05) is 17.8 Å². The monoisotopic (exact) mass is 327 g/mol. The Labute approximate surface area is 137 Å². The van der Waals surface area contributed by atoms with Gasteiger partial charge in [0.15, 0.2) is 4.96 Å². The van der Waals surface area contributed by atoms with Crippen LogP contribution in [0.2, 0.25) is 0 Å². The summed E-state index contributed by atoms with van der Waals surface area (Å²) in [5, 5.41) is 4.73. The van der Waals surface area contributed by atoms with Crippen molar-refractivity contribution in [3.05, 3.63) is 69.6 Å². The first-order valence-electron chi connectivity index (χ1n) is 7.51. The minimum Gasteiger partial charge on any atom is -0.345 e. The summed E-state index contributed by atoms with van der Waals surface area (Å²) in [5.41, 5.74) is 0.766. The molecule has 2 heterocycles. The van der Waals surface area contributed by atoms with E-state index in [1.807, 2.05) is 30.3 Å². The number of nitrogens with zero attached hydrogens (tertiary/aromatic N) is 2. The number of hydrogen-bond donors (Lipinski definition) is 1. The van der Waals surface area contributed by atoms with Gasteiger partial charge in [0.05, 0.1) is 6.04 Å². The molecule has 1 atom stereocenters. The summed E-state index contributed by atoms with van der Waals surface area (Å²) in [6.07, 6.45) is 4.73. The van der Waals surface area contributed by atoms with Crippen molar-refractivity contribution in [2.75, 3.05) is 0 Å². The smallest absolute Gasteiger partial charge is 0.271 e. The lowest BCUT2D eigenvalue weighted by molar-refractivity contribution is 0.0932. The molecular weight excluding hydrogens is 310 g/mol. The van der Waals surface area contributed by atoms with Crippen LogP contribution in [0, 0.1) is 0 Å². The molecule has 2 aromatic heterocycles. The van der Waals surface area contributed by atoms with Crippen LogP contribution in [0.5, 0.6) is 0 Å². The summed E-state index contributed by atoms with van der Waals surface area (Å²) >= 11 is 1.36. The molecule has 1 amide bonds. The van der Waals surface area contributed by atoms with Gasteiger partial charge in [0.25, 0.3) is 11.5 Å². The van der Waals surface area contributed by atoms with Gasteiger partial charge in [-0.2, -0.15) is 0 Å². The predicted molar refractivity (Wildman–Crippen MR) is 90.9 cm³/mol. The standard InChI is InChI=1S/C17H17N3O2S/c1-2-6-14(12-7-4-3-5-8-12)19-15(21)13-11-18-17-20(16(13)22)9-10-23-17/h3-5,7-11,14H,2,6H2,1H3,(H,19,21)/t14-/m1/s1. The van der Waals surface area contributed by atoms with Crippen LogP contribution in [0.25, 0.3) is 4.96 Å². The van der Waals surface area contributed by atoms with E-state index >= 15 is 0 Å². The molecule has 0 aliphatic carbocycles. The average molecular weight is 327 g/mol. The van der Waals surface area contributed by atoms with E-state index < -0.39 is 0 Å². The molecule has 6 heteroatoms. The Hall–Kier alpha value is -2.47. The number of benzene rings is 1. The first kappa shape index (κ1) is 15.4. The number of rotatable bonds is 5. The van der Waals surface area contributed by atoms with Gasteiger partial charge >= 0.3 is 0 Å². The fourth-order valence-electron chi connectivity index (χ4n) is 2.51. The van der Waals surface area contributed by atoms with Crippen LogP contribution in [0.3, 0.4) is 0 Å². The van der Waals surface area contributed by atoms with E-state index in [1.165, 1.54) is 21.9 Å². The molecular formula is C17H17N3O2S. The topological polar surface area (TPSA) is 63.5 Å². The maximum Gasteiger partial charge on any atom is 0.271 e. The van der Waals surface area contributed by atoms with Crippen molar-refractivity contribution < 1.29 is 4.79 Å². The number of hydrogen-bond acceptors (Lipinski definition) is 4. The zero-order valence-corrected chi connectivity index (χ0v) is 13.5. The zero-order valence-electron chi connectivity index (χ0n) is 12.7. The lowest BCUT2D eigenvalue weighted by Crippen LogP contribution is -2.33. The molecule has 0 aliphatic heterocycles. The number of carbonyl (C=O) groups excluding carboxylic acids is 1. The second-order valence-electron chi connectivity index (χ2n) is 5.26. The summed E-state index contributed by atoms with van der Waals surface area (Å²) in [5.74, 6) is -0.384. The van der Waals surface area contributed by atoms with Crippen LogP contribution in [0.15, 0.2) is 52.9 Å². The molecule has 23 heavy (non-hydrogen) atoms. The Morgan fingerprint density at radius 2 is 2.13 bits per heavy atom. The molecule has 0 aliphatic rings. The SMILES string of the molecule is CCC[C@@H](NC(=O)c1cnc2sccn2c1=O)c1ccccc1. The Morgan fingerprint density at radius 1 is 1.35 bits per heavy atom. The lowest BCUT2D eigenvalue weighted by Gasteiger charge is -2.18. The van der Waals surface area contributed by atoms with Crippen molar-refractivity contribution in [3.63, 3.8) is 0 Å². The van der Waals surface area contributed by atoms with Gasteiger partial charge in [-0.3, -0.25) is 14.0 Å². The second kappa shape index (κ2) is 6.75. The minimum absolute atomic E-state index is 0.0675. The first-order valence-corrected chi connectivity index (χ1v) is 8.39. The van der Waals surface area contributed by atoms with Crippen LogP contribution in [-0.4, -0.2) is 15.3 Å². The molecule has 3 rings (SSSR count). The van der Waals surface area contributed by atoms with Crippen LogP contribution in [0.4, 0.5) is 0 Å². The number of thiazole rings is 1. The van der Waals surface area contributed by atoms with Crippen molar-refractivity contribution in [2.24, 2.45) is 0 Å². The molecule has 1 N–H and O–H groups in total. The summed E-state index contributed by atoms with van der Waals surface area (Å²) in [6, 6.07) is 9.67. The van der Waals surface area contributed by atoms with Crippen molar-refractivity contribution in [1.82, 2.24) is 14.7 Å². The molecule has 0 radical (unpaired) electrons. The molecule has 3 aromatic rings. The molecule has 0 saturated heterocycles. The number of amides is 1. The first-order chi connectivity index (χ1) is 11.2. The van der Waals surface area contributed by atoms with E-state index in [0.717, 1.165) is 18.4 Å². The summed E-state index contributed by atoms with van der Waals surface area (Å²) in [7, 11) is 0. The fourth-order valence-corrected chi connectivity index (χ4v) is 3.19. The Bertz CT molecular complexity index is 870. The van der Waals surface area contributed by atoms with E-state index in [0.29, 0.717) is 4.96 Å². The second-order valence-corrected chi connectivity index (χ2v) is 6.13. The highest BCUT2D eigenvalue weighted by Gasteiger charge is 2.18. The zero-order chi connectivity index (χ0) is 16.2. The van der Waals surface area contributed by atoms with E-state index in [-0.39, 0.29) is 23.1 Å². The van der Waals surface area contributed by atoms with Crippen LogP contribution in [-0.2, 0) is 0 Å². The third kappa shape index (κ3) is 3.17. The number of aromatic nitrogens is 2. The van der Waals surface area contributed by atoms with Gasteiger partial charge in [0.1, 0.15) is 5.56 Å². The maximum absolute atomic E-state index is 12.5. The van der Waals surface area contributed by atoms with Gasteiger partial charge in [-0.05, 0) is 12.0 Å². The highest BCUT2D eigenvalue weighted by Crippen LogP contribution is 2.18. The maximum atomic E-state index is 12.5. The van der Waals surface area contributed by atoms with E-state index in [1.54, 1.807) is 11.6 Å². The summed E-state index contributed by atoms with van der Waals surface area (Å²) in [4.78, 5) is 29.7. The molecule has 0 fully saturated rings. The quantitative estimate of drug-likeness (QED) is 0.783. The summed E-state index contributed by atoms with van der Waals surface area (Å²) in [6.45, 7) is 2.07. The van der Waals surface area contributed by atoms with Gasteiger partial charge in [-0.15, -0.1) is 11.3 Å². The molecule has 118 valence electrons. The lowest BCUT2D eigenvalue weighted by atomic mass is 10.0. The van der Waals surface area contributed by atoms with Crippen molar-refractivity contribution in [1.29, 1.82) is 0 Å². The molecule has 0 spiro atoms. The number of fused-ring (bicyclic) bond motifs is 1. The van der Waals surface area contributed by atoms with Gasteiger partial charge < -0.3 is 5.32 Å². The number of carbonyl (C=O) groups is 1. The molecule has 0 unspecified atom stereocenters. The van der Waals surface area contributed by atoms with Gasteiger partial charge in [-0.1, -0.05) is 43.7 Å². The van der Waals surface area contributed by atoms with Gasteiger partial charge in [-0.25, -0.2) is 4.98 Å². The highest BCUT2D eigenvalue weighted by atomic mass is 32.1. The van der Waals surface area contributed by atoms with E-state index in [2.05, 4.69) is 17.2 Å². The van der Waals surface area contributed by atoms with Gasteiger partial charge in [0.2, 0.25) is 0 Å². The minimum atomic E-state index is -0.384. The van der Waals surface area contributed by atoms with Crippen LogP contribution >= 0.6 is 11.3 Å².